The molecule has 8 nitrogen and oxygen atoms in total. The second-order valence-corrected chi connectivity index (χ2v) is 10.3. The first kappa shape index (κ1) is 28.9. The largest absolute Gasteiger partial charge is 0.504 e. The highest BCUT2D eigenvalue weighted by Crippen LogP contribution is 2.32. The van der Waals surface area contributed by atoms with E-state index in [1.54, 1.807) is 25.1 Å². The van der Waals surface area contributed by atoms with Gasteiger partial charge >= 0.3 is 5.97 Å². The molecule has 0 spiro atoms. The molecule has 0 fully saturated rings. The minimum Gasteiger partial charge on any atom is -0.504 e. The van der Waals surface area contributed by atoms with Crippen molar-refractivity contribution < 1.29 is 24.1 Å². The molecular weight excluding hydrogens is 528 g/mol. The van der Waals surface area contributed by atoms with Crippen molar-refractivity contribution >= 4 is 23.4 Å². The van der Waals surface area contributed by atoms with Crippen LogP contribution in [0.4, 0.5) is 0 Å². The number of ether oxygens (including phenoxy) is 3. The summed E-state index contributed by atoms with van der Waals surface area (Å²) in [6.45, 7) is 10.4. The van der Waals surface area contributed by atoms with Crippen molar-refractivity contribution in [2.24, 2.45) is 4.99 Å². The van der Waals surface area contributed by atoms with Crippen LogP contribution >= 0.6 is 11.3 Å². The summed E-state index contributed by atoms with van der Waals surface area (Å²) in [5.41, 5.74) is 1.91. The first-order chi connectivity index (χ1) is 19.4. The third-order valence-electron chi connectivity index (χ3n) is 6.37. The number of esters is 1. The molecule has 1 aliphatic heterocycles. The Morgan fingerprint density at radius 3 is 2.62 bits per heavy atom. The second kappa shape index (κ2) is 13.3. The first-order valence-corrected chi connectivity index (χ1v) is 14.2. The number of carbonyl (C=O) groups excluding carboxylic acids is 1. The lowest BCUT2D eigenvalue weighted by molar-refractivity contribution is -0.138. The SMILES string of the molecule is C=CCOC(=O)C1=C(C)N=c2sc(=Cc3ccc(O)c(OCC)c3)c(=O)n2C1c1ccc(OCCCCC)cc1. The lowest BCUT2D eigenvalue weighted by Gasteiger charge is -2.24. The molecule has 0 radical (unpaired) electrons. The van der Waals surface area contributed by atoms with Crippen molar-refractivity contribution in [2.75, 3.05) is 19.8 Å². The number of fused-ring (bicyclic) bond motifs is 1. The number of hydrogen-bond donors (Lipinski definition) is 1. The monoisotopic (exact) mass is 562 g/mol. The summed E-state index contributed by atoms with van der Waals surface area (Å²) in [6, 6.07) is 11.6. The second-order valence-electron chi connectivity index (χ2n) is 9.25. The van der Waals surface area contributed by atoms with Crippen LogP contribution in [-0.4, -0.2) is 35.5 Å². The standard InChI is InChI=1S/C31H34N2O6S/c1-5-8-9-17-38-23-13-11-22(12-14-23)28-27(30(36)39-16-6-2)20(4)32-31-33(28)29(35)26(40-31)19-21-10-15-24(34)25(18-21)37-7-3/h6,10-15,18-19,28,34H,2,5,7-9,16-17H2,1,3-4H3. The summed E-state index contributed by atoms with van der Waals surface area (Å²) in [6.07, 6.45) is 6.42. The number of benzene rings is 2. The Kier molecular flexibility index (Phi) is 9.60. The van der Waals surface area contributed by atoms with Gasteiger partial charge in [-0.05, 0) is 61.7 Å². The van der Waals surface area contributed by atoms with E-state index < -0.39 is 12.0 Å². The average molecular weight is 563 g/mol. The molecule has 0 amide bonds. The van der Waals surface area contributed by atoms with Crippen molar-refractivity contribution in [2.45, 2.75) is 46.1 Å². The minimum atomic E-state index is -0.733. The van der Waals surface area contributed by atoms with Crippen LogP contribution in [0, 0.1) is 0 Å². The zero-order chi connectivity index (χ0) is 28.6. The Labute approximate surface area is 237 Å². The van der Waals surface area contributed by atoms with E-state index in [0.29, 0.717) is 45.1 Å². The number of allylic oxidation sites excluding steroid dienone is 1. The molecule has 1 atom stereocenters. The van der Waals surface area contributed by atoms with Crippen molar-refractivity contribution in [3.05, 3.63) is 97.2 Å². The van der Waals surface area contributed by atoms with Crippen LogP contribution in [0.15, 0.2) is 76.2 Å². The number of unbranched alkanes of at least 4 members (excludes halogenated alkanes) is 2. The van der Waals surface area contributed by atoms with Crippen LogP contribution in [-0.2, 0) is 9.53 Å². The molecule has 0 bridgehead atoms. The highest BCUT2D eigenvalue weighted by Gasteiger charge is 2.33. The Balaban J connectivity index is 1.79. The zero-order valence-corrected chi connectivity index (χ0v) is 23.8. The van der Waals surface area contributed by atoms with E-state index in [9.17, 15) is 14.7 Å². The predicted octanol–water partition coefficient (Wildman–Crippen LogP) is 4.64. The predicted molar refractivity (Wildman–Crippen MR) is 156 cm³/mol. The van der Waals surface area contributed by atoms with E-state index in [4.69, 9.17) is 14.2 Å². The molecule has 2 aromatic carbocycles. The van der Waals surface area contributed by atoms with Crippen LogP contribution in [0.1, 0.15) is 57.2 Å². The molecule has 3 aromatic rings. The fraction of sp³-hybridized carbons (Fsp3) is 0.323. The number of carbonyl (C=O) groups is 1. The Morgan fingerprint density at radius 2 is 1.93 bits per heavy atom. The van der Waals surface area contributed by atoms with Crippen LogP contribution in [0.25, 0.3) is 6.08 Å². The first-order valence-electron chi connectivity index (χ1n) is 13.4. The number of nitrogens with zero attached hydrogens (tertiary/aromatic N) is 2. The number of aromatic hydroxyl groups is 1. The topological polar surface area (TPSA) is 99.4 Å². The number of hydrogen-bond acceptors (Lipinski definition) is 8. The van der Waals surface area contributed by atoms with Gasteiger partial charge in [-0.15, -0.1) is 0 Å². The fourth-order valence-corrected chi connectivity index (χ4v) is 5.49. The summed E-state index contributed by atoms with van der Waals surface area (Å²) >= 11 is 1.23. The van der Waals surface area contributed by atoms with Gasteiger partial charge in [0.05, 0.1) is 35.1 Å². The van der Waals surface area contributed by atoms with E-state index in [2.05, 4.69) is 18.5 Å². The van der Waals surface area contributed by atoms with E-state index in [-0.39, 0.29) is 17.9 Å². The van der Waals surface area contributed by atoms with Gasteiger partial charge in [0.2, 0.25) is 0 Å². The maximum atomic E-state index is 13.8. The van der Waals surface area contributed by atoms with Gasteiger partial charge in [0, 0.05) is 0 Å². The smallest absolute Gasteiger partial charge is 0.338 e. The molecule has 0 aliphatic carbocycles. The molecule has 2 heterocycles. The Hall–Kier alpha value is -4.11. The molecule has 9 heteroatoms. The Morgan fingerprint density at radius 1 is 1.15 bits per heavy atom. The van der Waals surface area contributed by atoms with Gasteiger partial charge in [-0.2, -0.15) is 0 Å². The zero-order valence-electron chi connectivity index (χ0n) is 23.0. The fourth-order valence-electron chi connectivity index (χ4n) is 4.44. The van der Waals surface area contributed by atoms with E-state index in [0.717, 1.165) is 30.6 Å². The summed E-state index contributed by atoms with van der Waals surface area (Å²) in [4.78, 5) is 32.1. The van der Waals surface area contributed by atoms with Crippen molar-refractivity contribution in [3.63, 3.8) is 0 Å². The summed E-state index contributed by atoms with van der Waals surface area (Å²) in [7, 11) is 0. The summed E-state index contributed by atoms with van der Waals surface area (Å²) < 4.78 is 18.7. The van der Waals surface area contributed by atoms with Crippen LogP contribution < -0.4 is 24.4 Å². The number of thiazole rings is 1. The molecule has 0 saturated heterocycles. The van der Waals surface area contributed by atoms with Gasteiger partial charge in [0.15, 0.2) is 16.3 Å². The number of rotatable bonds is 12. The molecule has 4 rings (SSSR count). The number of aromatic nitrogens is 1. The molecule has 1 N–H and O–H groups in total. The summed E-state index contributed by atoms with van der Waals surface area (Å²) in [5.74, 6) is 0.528. The van der Waals surface area contributed by atoms with E-state index >= 15 is 0 Å². The Bertz CT molecular complexity index is 1580. The molecular formula is C31H34N2O6S. The quantitative estimate of drug-likeness (QED) is 0.196. The number of phenols is 1. The maximum absolute atomic E-state index is 13.8. The van der Waals surface area contributed by atoms with Crippen LogP contribution in [0.2, 0.25) is 0 Å². The third-order valence-corrected chi connectivity index (χ3v) is 7.35. The van der Waals surface area contributed by atoms with Gasteiger partial charge in [0.1, 0.15) is 12.4 Å². The highest BCUT2D eigenvalue weighted by atomic mass is 32.1. The van der Waals surface area contributed by atoms with Crippen molar-refractivity contribution in [3.8, 4) is 17.2 Å². The number of phenolic OH excluding ortho intramolecular Hbond substituents is 1. The third kappa shape index (κ3) is 6.37. The lowest BCUT2D eigenvalue weighted by Crippen LogP contribution is -2.39. The summed E-state index contributed by atoms with van der Waals surface area (Å²) in [5, 5.41) is 10.1. The van der Waals surface area contributed by atoms with Gasteiger partial charge in [0.25, 0.3) is 5.56 Å². The molecule has 210 valence electrons. The highest BCUT2D eigenvalue weighted by molar-refractivity contribution is 7.07. The van der Waals surface area contributed by atoms with E-state index in [1.165, 1.54) is 28.0 Å². The molecule has 0 saturated carbocycles. The normalized spacial score (nSPS) is 14.9. The van der Waals surface area contributed by atoms with Crippen molar-refractivity contribution in [1.29, 1.82) is 0 Å². The van der Waals surface area contributed by atoms with Gasteiger partial charge < -0.3 is 19.3 Å². The minimum absolute atomic E-state index is 0.0246. The van der Waals surface area contributed by atoms with Crippen LogP contribution in [0.5, 0.6) is 17.2 Å². The molecule has 1 aromatic heterocycles. The van der Waals surface area contributed by atoms with Gasteiger partial charge in [-0.3, -0.25) is 9.36 Å². The molecule has 1 unspecified atom stereocenters. The average Bonchev–Trinajstić information content (AvgIpc) is 3.25. The van der Waals surface area contributed by atoms with Gasteiger partial charge in [-0.1, -0.05) is 62.0 Å². The maximum Gasteiger partial charge on any atom is 0.338 e. The molecule has 40 heavy (non-hydrogen) atoms. The van der Waals surface area contributed by atoms with E-state index in [1.807, 2.05) is 31.2 Å². The van der Waals surface area contributed by atoms with Crippen LogP contribution in [0.3, 0.4) is 0 Å². The lowest BCUT2D eigenvalue weighted by atomic mass is 9.96. The molecule has 1 aliphatic rings. The van der Waals surface area contributed by atoms with Crippen molar-refractivity contribution in [1.82, 2.24) is 4.57 Å². The van der Waals surface area contributed by atoms with Gasteiger partial charge in [-0.25, -0.2) is 9.79 Å².